The van der Waals surface area contributed by atoms with E-state index < -0.39 is 0 Å². The van der Waals surface area contributed by atoms with Crippen LogP contribution in [0.3, 0.4) is 0 Å². The summed E-state index contributed by atoms with van der Waals surface area (Å²) in [7, 11) is 0. The Morgan fingerprint density at radius 3 is 2.63 bits per heavy atom. The molecular weight excluding hydrogens is 260 g/mol. The number of nitrogens with one attached hydrogen (secondary N) is 1. The lowest BCUT2D eigenvalue weighted by Gasteiger charge is -2.33. The summed E-state index contributed by atoms with van der Waals surface area (Å²) in [6.07, 6.45) is 4.50. The molecule has 6 heteroatoms. The smallest absolute Gasteiger partial charge is 0.217 e. The number of nitrogens with zero attached hydrogens (tertiary/aromatic N) is 2. The topological polar surface area (TPSA) is 71.2 Å². The van der Waals surface area contributed by atoms with Crippen LogP contribution in [0.4, 0.5) is 10.8 Å². The van der Waals surface area contributed by atoms with E-state index in [0.29, 0.717) is 12.0 Å². The molecule has 19 heavy (non-hydrogen) atoms. The van der Waals surface area contributed by atoms with Gasteiger partial charge in [-0.25, -0.2) is 0 Å². The molecule has 1 aromatic heterocycles. The number of aromatic nitrogens is 1. The summed E-state index contributed by atoms with van der Waals surface area (Å²) in [5.74, 6) is 1.44. The van der Waals surface area contributed by atoms with Gasteiger partial charge in [0.2, 0.25) is 5.91 Å². The maximum atomic E-state index is 11.1. The fourth-order valence-electron chi connectivity index (χ4n) is 2.80. The second-order valence-electron chi connectivity index (χ2n) is 5.52. The lowest BCUT2D eigenvalue weighted by molar-refractivity contribution is -0.119. The first kappa shape index (κ1) is 12.7. The summed E-state index contributed by atoms with van der Waals surface area (Å²) in [5, 5.41) is 4.27. The zero-order chi connectivity index (χ0) is 13.4. The summed E-state index contributed by atoms with van der Waals surface area (Å²) in [5.41, 5.74) is 7.28. The standard InChI is InChI=1S/C13H20N4OS/c1-8(18)15-10-4-6-17(7-5-10)13-11(9-2-3-9)12(14)16-19-13/h9-10H,2-7H2,1H3,(H2,14,16)(H,15,18). The van der Waals surface area contributed by atoms with Gasteiger partial charge in [-0.1, -0.05) is 0 Å². The monoisotopic (exact) mass is 280 g/mol. The van der Waals surface area contributed by atoms with Gasteiger partial charge in [-0.3, -0.25) is 4.79 Å². The molecule has 1 aromatic rings. The van der Waals surface area contributed by atoms with Crippen molar-refractivity contribution in [3.63, 3.8) is 0 Å². The largest absolute Gasteiger partial charge is 0.383 e. The summed E-state index contributed by atoms with van der Waals surface area (Å²) in [4.78, 5) is 13.5. The molecule has 0 bridgehead atoms. The van der Waals surface area contributed by atoms with Crippen molar-refractivity contribution < 1.29 is 4.79 Å². The van der Waals surface area contributed by atoms with Gasteiger partial charge in [-0.2, -0.15) is 4.37 Å². The van der Waals surface area contributed by atoms with Crippen molar-refractivity contribution in [1.82, 2.24) is 9.69 Å². The molecular formula is C13H20N4OS. The number of carbonyl (C=O) groups excluding carboxylic acids is 1. The first-order valence-electron chi connectivity index (χ1n) is 6.92. The number of amides is 1. The van der Waals surface area contributed by atoms with E-state index in [1.807, 2.05) is 0 Å². The van der Waals surface area contributed by atoms with Crippen molar-refractivity contribution in [2.45, 2.75) is 44.6 Å². The van der Waals surface area contributed by atoms with Crippen LogP contribution in [0, 0.1) is 0 Å². The van der Waals surface area contributed by atoms with Gasteiger partial charge >= 0.3 is 0 Å². The van der Waals surface area contributed by atoms with E-state index in [9.17, 15) is 4.79 Å². The lowest BCUT2D eigenvalue weighted by atomic mass is 10.0. The molecule has 0 aromatic carbocycles. The zero-order valence-electron chi connectivity index (χ0n) is 11.2. The Morgan fingerprint density at radius 1 is 1.37 bits per heavy atom. The number of hydrogen-bond acceptors (Lipinski definition) is 5. The molecule has 104 valence electrons. The predicted octanol–water partition coefficient (Wildman–Crippen LogP) is 1.71. The number of anilines is 2. The van der Waals surface area contributed by atoms with Crippen molar-refractivity contribution >= 4 is 28.3 Å². The van der Waals surface area contributed by atoms with Gasteiger partial charge in [0, 0.05) is 31.6 Å². The van der Waals surface area contributed by atoms with Crippen molar-refractivity contribution in [3.05, 3.63) is 5.56 Å². The van der Waals surface area contributed by atoms with Crippen LogP contribution in [0.15, 0.2) is 0 Å². The normalized spacial score (nSPS) is 20.6. The third kappa shape index (κ3) is 2.68. The Morgan fingerprint density at radius 2 is 2.05 bits per heavy atom. The highest BCUT2D eigenvalue weighted by molar-refractivity contribution is 7.10. The average Bonchev–Trinajstić information content (AvgIpc) is 3.13. The van der Waals surface area contributed by atoms with Crippen LogP contribution in [0.2, 0.25) is 0 Å². The van der Waals surface area contributed by atoms with E-state index in [0.717, 1.165) is 31.7 Å². The molecule has 1 saturated heterocycles. The predicted molar refractivity (Wildman–Crippen MR) is 77.6 cm³/mol. The van der Waals surface area contributed by atoms with Gasteiger partial charge in [0.05, 0.1) is 0 Å². The molecule has 0 spiro atoms. The van der Waals surface area contributed by atoms with E-state index in [-0.39, 0.29) is 5.91 Å². The molecule has 2 aliphatic rings. The van der Waals surface area contributed by atoms with Gasteiger partial charge in [-0.05, 0) is 43.1 Å². The Labute approximate surface area is 117 Å². The molecule has 3 N–H and O–H groups in total. The van der Waals surface area contributed by atoms with Crippen LogP contribution >= 0.6 is 11.5 Å². The molecule has 0 atom stereocenters. The second-order valence-corrected chi connectivity index (χ2v) is 6.27. The number of hydrogen-bond donors (Lipinski definition) is 2. The van der Waals surface area contributed by atoms with Gasteiger partial charge < -0.3 is 16.0 Å². The van der Waals surface area contributed by atoms with E-state index in [4.69, 9.17) is 5.73 Å². The minimum Gasteiger partial charge on any atom is -0.383 e. The van der Waals surface area contributed by atoms with Crippen LogP contribution in [0.5, 0.6) is 0 Å². The van der Waals surface area contributed by atoms with Crippen molar-refractivity contribution in [2.75, 3.05) is 23.7 Å². The highest BCUT2D eigenvalue weighted by atomic mass is 32.1. The van der Waals surface area contributed by atoms with Crippen LogP contribution in [-0.4, -0.2) is 29.4 Å². The molecule has 1 aliphatic carbocycles. The Kier molecular flexibility index (Phi) is 3.35. The Bertz CT molecular complexity index is 475. The quantitative estimate of drug-likeness (QED) is 0.884. The molecule has 2 heterocycles. The van der Waals surface area contributed by atoms with E-state index in [1.54, 1.807) is 6.92 Å². The fourth-order valence-corrected chi connectivity index (χ4v) is 3.75. The minimum absolute atomic E-state index is 0.0687. The molecule has 0 radical (unpaired) electrons. The Balaban J connectivity index is 1.67. The van der Waals surface area contributed by atoms with Gasteiger partial charge in [0.25, 0.3) is 0 Å². The van der Waals surface area contributed by atoms with Crippen LogP contribution in [0.25, 0.3) is 0 Å². The van der Waals surface area contributed by atoms with E-state index in [2.05, 4.69) is 14.6 Å². The molecule has 3 rings (SSSR count). The highest BCUT2D eigenvalue weighted by Gasteiger charge is 2.33. The number of piperidine rings is 1. The van der Waals surface area contributed by atoms with Crippen LogP contribution in [0.1, 0.15) is 44.1 Å². The third-order valence-corrected chi connectivity index (χ3v) is 4.85. The average molecular weight is 280 g/mol. The summed E-state index contributed by atoms with van der Waals surface area (Å²) in [6, 6.07) is 0.323. The second kappa shape index (κ2) is 5.00. The minimum atomic E-state index is 0.0687. The zero-order valence-corrected chi connectivity index (χ0v) is 12.0. The van der Waals surface area contributed by atoms with Gasteiger partial charge in [0.1, 0.15) is 10.8 Å². The van der Waals surface area contributed by atoms with Crippen molar-refractivity contribution in [1.29, 1.82) is 0 Å². The lowest BCUT2D eigenvalue weighted by Crippen LogP contribution is -2.44. The number of carbonyl (C=O) groups is 1. The summed E-state index contributed by atoms with van der Waals surface area (Å²) < 4.78 is 4.33. The summed E-state index contributed by atoms with van der Waals surface area (Å²) >= 11 is 1.53. The van der Waals surface area contributed by atoms with E-state index >= 15 is 0 Å². The molecule has 2 fully saturated rings. The summed E-state index contributed by atoms with van der Waals surface area (Å²) in [6.45, 7) is 3.54. The molecule has 0 unspecified atom stereocenters. The number of nitrogens with two attached hydrogens (primary N) is 1. The first-order chi connectivity index (χ1) is 9.15. The number of rotatable bonds is 3. The molecule has 1 amide bonds. The van der Waals surface area contributed by atoms with Gasteiger partial charge in [0.15, 0.2) is 0 Å². The van der Waals surface area contributed by atoms with Crippen LogP contribution in [-0.2, 0) is 4.79 Å². The molecule has 1 saturated carbocycles. The van der Waals surface area contributed by atoms with E-state index in [1.165, 1.54) is 34.9 Å². The number of nitrogen functional groups attached to an aromatic ring is 1. The Hall–Kier alpha value is -1.30. The molecule has 1 aliphatic heterocycles. The van der Waals surface area contributed by atoms with Gasteiger partial charge in [-0.15, -0.1) is 0 Å². The van der Waals surface area contributed by atoms with Crippen LogP contribution < -0.4 is 16.0 Å². The highest BCUT2D eigenvalue weighted by Crippen LogP contribution is 2.49. The first-order valence-corrected chi connectivity index (χ1v) is 7.69. The van der Waals surface area contributed by atoms with Crippen molar-refractivity contribution in [3.8, 4) is 0 Å². The maximum absolute atomic E-state index is 11.1. The maximum Gasteiger partial charge on any atom is 0.217 e. The SMILES string of the molecule is CC(=O)NC1CCN(c2snc(N)c2C2CC2)CC1. The third-order valence-electron chi connectivity index (χ3n) is 3.91. The molecule has 5 nitrogen and oxygen atoms in total. The fraction of sp³-hybridized carbons (Fsp3) is 0.692. The van der Waals surface area contributed by atoms with Crippen molar-refractivity contribution in [2.24, 2.45) is 0 Å².